The van der Waals surface area contributed by atoms with Gasteiger partial charge in [-0.15, -0.1) is 11.3 Å². The van der Waals surface area contributed by atoms with E-state index in [9.17, 15) is 4.79 Å². The summed E-state index contributed by atoms with van der Waals surface area (Å²) in [6, 6.07) is 10.3. The van der Waals surface area contributed by atoms with Crippen molar-refractivity contribution >= 4 is 27.3 Å². The van der Waals surface area contributed by atoms with Crippen LogP contribution in [0.3, 0.4) is 0 Å². The molecular formula is C15H19NOS. The summed E-state index contributed by atoms with van der Waals surface area (Å²) < 4.78 is 1.17. The summed E-state index contributed by atoms with van der Waals surface area (Å²) in [5, 5.41) is 4.20. The van der Waals surface area contributed by atoms with Crippen molar-refractivity contribution in [1.82, 2.24) is 5.32 Å². The van der Waals surface area contributed by atoms with Crippen LogP contribution in [0.5, 0.6) is 0 Å². The van der Waals surface area contributed by atoms with Crippen LogP contribution in [0.2, 0.25) is 0 Å². The molecule has 0 saturated heterocycles. The average molecular weight is 261 g/mol. The summed E-state index contributed by atoms with van der Waals surface area (Å²) >= 11 is 1.55. The first-order valence-corrected chi connectivity index (χ1v) is 7.17. The molecule has 2 rings (SSSR count). The van der Waals surface area contributed by atoms with E-state index in [0.717, 1.165) is 16.7 Å². The van der Waals surface area contributed by atoms with Gasteiger partial charge in [0, 0.05) is 10.7 Å². The van der Waals surface area contributed by atoms with Gasteiger partial charge in [0.15, 0.2) is 0 Å². The molecule has 0 aliphatic heterocycles. The summed E-state index contributed by atoms with van der Waals surface area (Å²) in [5.74, 6) is 0.645. The minimum Gasteiger partial charge on any atom is -0.349 e. The maximum atomic E-state index is 12.1. The molecule has 2 aromatic rings. The van der Waals surface area contributed by atoms with Crippen LogP contribution >= 0.6 is 11.3 Å². The van der Waals surface area contributed by atoms with E-state index in [0.29, 0.717) is 5.92 Å². The van der Waals surface area contributed by atoms with E-state index < -0.39 is 0 Å². The number of benzene rings is 1. The van der Waals surface area contributed by atoms with Crippen molar-refractivity contribution < 1.29 is 4.79 Å². The van der Waals surface area contributed by atoms with Gasteiger partial charge in [-0.05, 0) is 36.8 Å². The fourth-order valence-corrected chi connectivity index (χ4v) is 3.12. The first-order valence-electron chi connectivity index (χ1n) is 6.35. The van der Waals surface area contributed by atoms with Crippen molar-refractivity contribution in [3.05, 3.63) is 35.2 Å². The second-order valence-electron chi connectivity index (χ2n) is 5.15. The highest BCUT2D eigenvalue weighted by atomic mass is 32.1. The molecular weight excluding hydrogens is 242 g/mol. The largest absolute Gasteiger partial charge is 0.349 e. The van der Waals surface area contributed by atoms with E-state index >= 15 is 0 Å². The fraction of sp³-hybridized carbons (Fsp3) is 0.400. The zero-order valence-electron chi connectivity index (χ0n) is 11.1. The zero-order valence-corrected chi connectivity index (χ0v) is 11.9. The molecule has 1 amide bonds. The number of hydrogen-bond donors (Lipinski definition) is 1. The van der Waals surface area contributed by atoms with Gasteiger partial charge in [-0.1, -0.05) is 32.0 Å². The summed E-state index contributed by atoms with van der Waals surface area (Å²) in [5.41, 5.74) is 0. The van der Waals surface area contributed by atoms with Crippen molar-refractivity contribution in [2.24, 2.45) is 5.92 Å². The Bertz CT molecular complexity index is 511. The second-order valence-corrected chi connectivity index (χ2v) is 6.24. The van der Waals surface area contributed by atoms with Crippen LogP contribution in [0.4, 0.5) is 0 Å². The second kappa shape index (κ2) is 5.53. The zero-order chi connectivity index (χ0) is 13.1. The number of fused-ring (bicyclic) bond motifs is 1. The fourth-order valence-electron chi connectivity index (χ4n) is 2.15. The van der Waals surface area contributed by atoms with E-state index in [1.807, 2.05) is 30.3 Å². The van der Waals surface area contributed by atoms with Gasteiger partial charge in [0.1, 0.15) is 0 Å². The number of nitrogens with one attached hydrogen (secondary N) is 1. The molecule has 0 spiro atoms. The highest BCUT2D eigenvalue weighted by molar-refractivity contribution is 7.20. The van der Waals surface area contributed by atoms with Crippen LogP contribution in [0.15, 0.2) is 30.3 Å². The third-order valence-electron chi connectivity index (χ3n) is 2.85. The van der Waals surface area contributed by atoms with Gasteiger partial charge in [-0.3, -0.25) is 4.79 Å². The van der Waals surface area contributed by atoms with Crippen LogP contribution in [0.1, 0.15) is 36.9 Å². The van der Waals surface area contributed by atoms with Crippen LogP contribution in [0.25, 0.3) is 10.1 Å². The Morgan fingerprint density at radius 2 is 2.00 bits per heavy atom. The molecule has 1 aromatic carbocycles. The van der Waals surface area contributed by atoms with Crippen molar-refractivity contribution in [1.29, 1.82) is 0 Å². The summed E-state index contributed by atoms with van der Waals surface area (Å²) in [6.45, 7) is 6.40. The first kappa shape index (κ1) is 13.1. The number of hydrogen-bond acceptors (Lipinski definition) is 2. The topological polar surface area (TPSA) is 29.1 Å². The average Bonchev–Trinajstić information content (AvgIpc) is 2.71. The minimum absolute atomic E-state index is 0.0457. The molecule has 18 heavy (non-hydrogen) atoms. The number of thiophene rings is 1. The highest BCUT2D eigenvalue weighted by Gasteiger charge is 2.13. The molecule has 3 heteroatoms. The molecule has 1 aromatic heterocycles. The van der Waals surface area contributed by atoms with E-state index in [1.54, 1.807) is 11.3 Å². The summed E-state index contributed by atoms with van der Waals surface area (Å²) in [6.07, 6.45) is 1.01. The Kier molecular flexibility index (Phi) is 4.02. The lowest BCUT2D eigenvalue weighted by atomic mass is 10.1. The van der Waals surface area contributed by atoms with Gasteiger partial charge in [-0.25, -0.2) is 0 Å². The first-order chi connectivity index (χ1) is 8.56. The summed E-state index contributed by atoms with van der Waals surface area (Å²) in [7, 11) is 0. The molecule has 0 fully saturated rings. The molecule has 0 aliphatic rings. The molecule has 1 atom stereocenters. The lowest BCUT2D eigenvalue weighted by molar-refractivity contribution is 0.0940. The summed E-state index contributed by atoms with van der Waals surface area (Å²) in [4.78, 5) is 12.9. The lowest BCUT2D eigenvalue weighted by Gasteiger charge is -2.15. The molecule has 0 bridgehead atoms. The molecule has 96 valence electrons. The van der Waals surface area contributed by atoms with E-state index in [-0.39, 0.29) is 11.9 Å². The maximum Gasteiger partial charge on any atom is 0.261 e. The number of carbonyl (C=O) groups excluding carboxylic acids is 1. The van der Waals surface area contributed by atoms with Gasteiger partial charge in [0.2, 0.25) is 0 Å². The molecule has 1 unspecified atom stereocenters. The third-order valence-corrected chi connectivity index (χ3v) is 3.97. The van der Waals surface area contributed by atoms with Gasteiger partial charge < -0.3 is 5.32 Å². The number of rotatable bonds is 4. The van der Waals surface area contributed by atoms with E-state index in [4.69, 9.17) is 0 Å². The molecule has 0 aliphatic carbocycles. The Balaban J connectivity index is 2.09. The quantitative estimate of drug-likeness (QED) is 0.883. The minimum atomic E-state index is 0.0457. The van der Waals surface area contributed by atoms with Crippen molar-refractivity contribution in [3.63, 3.8) is 0 Å². The lowest BCUT2D eigenvalue weighted by Crippen LogP contribution is -2.32. The van der Waals surface area contributed by atoms with Crippen molar-refractivity contribution in [2.45, 2.75) is 33.2 Å². The van der Waals surface area contributed by atoms with Crippen LogP contribution in [-0.2, 0) is 0 Å². The number of carbonyl (C=O) groups is 1. The van der Waals surface area contributed by atoms with Gasteiger partial charge in [-0.2, -0.15) is 0 Å². The molecule has 2 nitrogen and oxygen atoms in total. The van der Waals surface area contributed by atoms with Crippen molar-refractivity contribution in [3.8, 4) is 0 Å². The normalized spacial score (nSPS) is 12.9. The predicted octanol–water partition coefficient (Wildman–Crippen LogP) is 4.07. The molecule has 0 saturated carbocycles. The SMILES string of the molecule is CC(C)CC(C)NC(=O)c1cc2ccccc2s1. The van der Waals surface area contributed by atoms with Gasteiger partial charge in [0.05, 0.1) is 4.88 Å². The Morgan fingerprint density at radius 1 is 1.28 bits per heavy atom. The monoisotopic (exact) mass is 261 g/mol. The van der Waals surface area contributed by atoms with E-state index in [1.165, 1.54) is 4.70 Å². The third kappa shape index (κ3) is 3.10. The van der Waals surface area contributed by atoms with Crippen molar-refractivity contribution in [2.75, 3.05) is 0 Å². The van der Waals surface area contributed by atoms with Crippen LogP contribution in [0, 0.1) is 5.92 Å². The molecule has 1 heterocycles. The number of amides is 1. The van der Waals surface area contributed by atoms with E-state index in [2.05, 4.69) is 26.1 Å². The Labute approximate surface area is 112 Å². The molecule has 1 N–H and O–H groups in total. The highest BCUT2D eigenvalue weighted by Crippen LogP contribution is 2.25. The standard InChI is InChI=1S/C15H19NOS/c1-10(2)8-11(3)16-15(17)14-9-12-6-4-5-7-13(12)18-14/h4-7,9-11H,8H2,1-3H3,(H,16,17). The van der Waals surface area contributed by atoms with Crippen LogP contribution in [-0.4, -0.2) is 11.9 Å². The maximum absolute atomic E-state index is 12.1. The van der Waals surface area contributed by atoms with Crippen LogP contribution < -0.4 is 5.32 Å². The molecule has 0 radical (unpaired) electrons. The Morgan fingerprint density at radius 3 is 2.67 bits per heavy atom. The van der Waals surface area contributed by atoms with Gasteiger partial charge in [0.25, 0.3) is 5.91 Å². The Hall–Kier alpha value is -1.35. The smallest absolute Gasteiger partial charge is 0.261 e. The predicted molar refractivity (Wildman–Crippen MR) is 78.2 cm³/mol. The van der Waals surface area contributed by atoms with Gasteiger partial charge >= 0.3 is 0 Å².